The van der Waals surface area contributed by atoms with Gasteiger partial charge < -0.3 is 11.1 Å². The summed E-state index contributed by atoms with van der Waals surface area (Å²) in [6.45, 7) is 0. The molecule has 0 heterocycles. The third-order valence-electron chi connectivity index (χ3n) is 5.50. The first kappa shape index (κ1) is 20.9. The summed E-state index contributed by atoms with van der Waals surface area (Å²) >= 11 is 0. The van der Waals surface area contributed by atoms with Crippen molar-refractivity contribution >= 4 is 11.4 Å². The van der Waals surface area contributed by atoms with Gasteiger partial charge in [0.25, 0.3) is 0 Å². The van der Waals surface area contributed by atoms with E-state index in [4.69, 9.17) is 0 Å². The largest absolute Gasteiger partial charge is 0.361 e. The Labute approximate surface area is 187 Å². The van der Waals surface area contributed by atoms with Crippen molar-refractivity contribution in [1.29, 1.82) is 0 Å². The van der Waals surface area contributed by atoms with Crippen molar-refractivity contribution in [1.82, 2.24) is 0 Å². The van der Waals surface area contributed by atoms with Crippen LogP contribution in [0, 0.1) is 0 Å². The molecule has 0 saturated heterocycles. The number of hydrogen-bond donors (Lipinski definition) is 0. The molecule has 0 bridgehead atoms. The first-order chi connectivity index (χ1) is 15.8. The molecule has 4 aromatic rings. The fraction of sp³-hybridized carbons (Fsp3) is 0.0714. The Morgan fingerprint density at radius 3 is 1.19 bits per heavy atom. The zero-order valence-corrected chi connectivity index (χ0v) is 17.6. The highest BCUT2D eigenvalue weighted by Crippen LogP contribution is 2.20. The lowest BCUT2D eigenvalue weighted by atomic mass is 9.91. The Morgan fingerprint density at radius 1 is 0.469 bits per heavy atom. The van der Waals surface area contributed by atoms with E-state index in [0.29, 0.717) is 11.4 Å². The van der Waals surface area contributed by atoms with Crippen molar-refractivity contribution in [2.24, 2.45) is 0 Å². The SMILES string of the molecule is [N-]=[N+]=C(c1ccccc1)c1ccccc1CCc1ccccc1C(=[N+]=[N-])c1ccccc1. The van der Waals surface area contributed by atoms with E-state index in [-0.39, 0.29) is 0 Å². The van der Waals surface area contributed by atoms with E-state index in [1.807, 2.05) is 97.1 Å². The average molecular weight is 415 g/mol. The van der Waals surface area contributed by atoms with Crippen LogP contribution in [0.5, 0.6) is 0 Å². The van der Waals surface area contributed by atoms with Crippen LogP contribution in [0.2, 0.25) is 0 Å². The number of rotatable bonds is 7. The summed E-state index contributed by atoms with van der Waals surface area (Å²) in [7, 11) is 0. The molecule has 0 atom stereocenters. The molecule has 4 rings (SSSR count). The smallest absolute Gasteiger partial charge is 0.329 e. The molecular formula is C28H22N4. The van der Waals surface area contributed by atoms with Gasteiger partial charge >= 0.3 is 11.4 Å². The molecule has 0 saturated carbocycles. The highest BCUT2D eigenvalue weighted by Gasteiger charge is 2.21. The molecule has 0 aliphatic carbocycles. The van der Waals surface area contributed by atoms with Gasteiger partial charge in [-0.25, -0.2) is 0 Å². The second-order valence-electron chi connectivity index (χ2n) is 7.44. The third-order valence-corrected chi connectivity index (χ3v) is 5.50. The lowest BCUT2D eigenvalue weighted by Crippen LogP contribution is -2.11. The van der Waals surface area contributed by atoms with Gasteiger partial charge in [0.15, 0.2) is 0 Å². The molecular weight excluding hydrogens is 392 g/mol. The molecule has 0 aromatic heterocycles. The van der Waals surface area contributed by atoms with Gasteiger partial charge in [-0.3, -0.25) is 0 Å². The standard InChI is InChI=1S/C28H22N4/c29-31-27(23-13-3-1-4-14-23)25-17-9-7-11-21(25)19-20-22-12-8-10-18-26(22)28(32-30)24-15-5-2-6-16-24/h1-18H,19-20H2. The van der Waals surface area contributed by atoms with Gasteiger partial charge in [0, 0.05) is 0 Å². The van der Waals surface area contributed by atoms with Crippen LogP contribution in [0.4, 0.5) is 0 Å². The normalized spacial score (nSPS) is 10.1. The maximum atomic E-state index is 9.76. The van der Waals surface area contributed by atoms with E-state index in [1.54, 1.807) is 0 Å². The minimum absolute atomic E-state index is 0.552. The van der Waals surface area contributed by atoms with Crippen LogP contribution in [0.15, 0.2) is 109 Å². The monoisotopic (exact) mass is 414 g/mol. The molecule has 4 heteroatoms. The second kappa shape index (κ2) is 10.1. The van der Waals surface area contributed by atoms with Crippen molar-refractivity contribution in [3.05, 3.63) is 154 Å². The summed E-state index contributed by atoms with van der Waals surface area (Å²) in [5.74, 6) is 0. The van der Waals surface area contributed by atoms with E-state index in [2.05, 4.69) is 21.7 Å². The summed E-state index contributed by atoms with van der Waals surface area (Å²) in [4.78, 5) is 7.21. The minimum Gasteiger partial charge on any atom is -0.361 e. The topological polar surface area (TPSA) is 72.8 Å². The van der Waals surface area contributed by atoms with Crippen molar-refractivity contribution in [2.75, 3.05) is 0 Å². The summed E-state index contributed by atoms with van der Waals surface area (Å²) < 4.78 is 0. The molecule has 0 aliphatic rings. The van der Waals surface area contributed by atoms with Crippen molar-refractivity contribution in [2.45, 2.75) is 12.8 Å². The van der Waals surface area contributed by atoms with Crippen LogP contribution in [0.25, 0.3) is 11.1 Å². The zero-order valence-electron chi connectivity index (χ0n) is 17.6. The number of nitrogens with zero attached hydrogens (tertiary/aromatic N) is 4. The Bertz CT molecular complexity index is 1210. The Balaban J connectivity index is 1.66. The van der Waals surface area contributed by atoms with Gasteiger partial charge in [-0.05, 0) is 60.4 Å². The first-order valence-corrected chi connectivity index (χ1v) is 10.5. The quantitative estimate of drug-likeness (QED) is 0.214. The summed E-state index contributed by atoms with van der Waals surface area (Å²) in [5, 5.41) is 0. The Hall–Kier alpha value is -4.36. The maximum absolute atomic E-state index is 9.76. The summed E-state index contributed by atoms with van der Waals surface area (Å²) in [5.41, 5.74) is 26.3. The average Bonchev–Trinajstić information content (AvgIpc) is 2.86. The highest BCUT2D eigenvalue weighted by atomic mass is 14.9. The van der Waals surface area contributed by atoms with Gasteiger partial charge in [0.2, 0.25) is 0 Å². The molecule has 4 nitrogen and oxygen atoms in total. The van der Waals surface area contributed by atoms with Crippen LogP contribution in [0.3, 0.4) is 0 Å². The molecule has 0 aliphatic heterocycles. The van der Waals surface area contributed by atoms with E-state index < -0.39 is 0 Å². The lowest BCUT2D eigenvalue weighted by Gasteiger charge is -2.09. The number of hydrogen-bond acceptors (Lipinski definition) is 0. The molecule has 0 spiro atoms. The second-order valence-corrected chi connectivity index (χ2v) is 7.44. The molecule has 154 valence electrons. The van der Waals surface area contributed by atoms with Crippen molar-refractivity contribution in [3.63, 3.8) is 0 Å². The summed E-state index contributed by atoms with van der Waals surface area (Å²) in [6.07, 6.45) is 1.49. The molecule has 0 amide bonds. The molecule has 0 unspecified atom stereocenters. The summed E-state index contributed by atoms with van der Waals surface area (Å²) in [6, 6.07) is 35.3. The van der Waals surface area contributed by atoms with Crippen LogP contribution >= 0.6 is 0 Å². The third kappa shape index (κ3) is 4.53. The van der Waals surface area contributed by atoms with Gasteiger partial charge in [-0.2, -0.15) is 9.58 Å². The molecule has 0 N–H and O–H groups in total. The zero-order chi connectivity index (χ0) is 22.2. The predicted octanol–water partition coefficient (Wildman–Crippen LogP) is 5.61. The first-order valence-electron chi connectivity index (χ1n) is 10.5. The van der Waals surface area contributed by atoms with Crippen LogP contribution in [-0.4, -0.2) is 21.0 Å². The molecule has 0 radical (unpaired) electrons. The molecule has 32 heavy (non-hydrogen) atoms. The minimum atomic E-state index is 0.552. The lowest BCUT2D eigenvalue weighted by molar-refractivity contribution is -0.00333. The Kier molecular flexibility index (Phi) is 6.60. The molecule has 4 aromatic carbocycles. The number of aryl methyl sites for hydroxylation is 2. The van der Waals surface area contributed by atoms with Crippen LogP contribution in [-0.2, 0) is 12.8 Å². The fourth-order valence-corrected chi connectivity index (χ4v) is 3.93. The van der Waals surface area contributed by atoms with Gasteiger partial charge in [-0.1, -0.05) is 72.8 Å². The van der Waals surface area contributed by atoms with Crippen LogP contribution < -0.4 is 0 Å². The number of benzene rings is 4. The van der Waals surface area contributed by atoms with Gasteiger partial charge in [-0.15, -0.1) is 0 Å². The Morgan fingerprint density at radius 2 is 0.812 bits per heavy atom. The van der Waals surface area contributed by atoms with E-state index in [1.165, 1.54) is 0 Å². The van der Waals surface area contributed by atoms with E-state index in [9.17, 15) is 11.1 Å². The van der Waals surface area contributed by atoms with Crippen molar-refractivity contribution < 1.29 is 9.58 Å². The fourth-order valence-electron chi connectivity index (χ4n) is 3.93. The molecule has 0 fully saturated rings. The van der Waals surface area contributed by atoms with Crippen molar-refractivity contribution in [3.8, 4) is 0 Å². The van der Waals surface area contributed by atoms with E-state index in [0.717, 1.165) is 46.2 Å². The highest BCUT2D eigenvalue weighted by molar-refractivity contribution is 6.10. The van der Waals surface area contributed by atoms with Crippen LogP contribution in [0.1, 0.15) is 33.4 Å². The predicted molar refractivity (Wildman–Crippen MR) is 127 cm³/mol. The maximum Gasteiger partial charge on any atom is 0.329 e. The van der Waals surface area contributed by atoms with E-state index >= 15 is 0 Å². The van der Waals surface area contributed by atoms with Gasteiger partial charge in [0.05, 0.1) is 22.3 Å². The van der Waals surface area contributed by atoms with Gasteiger partial charge in [0.1, 0.15) is 0 Å².